The van der Waals surface area contributed by atoms with E-state index in [1.165, 1.54) is 0 Å². The molecule has 0 aliphatic carbocycles. The number of carbonyl (C=O) groups is 1. The zero-order chi connectivity index (χ0) is 20.2. The number of hydrogen-bond donors (Lipinski definition) is 2. The molecule has 0 spiro atoms. The van der Waals surface area contributed by atoms with Crippen LogP contribution in [-0.2, 0) is 34.2 Å². The molecule has 28 heavy (non-hydrogen) atoms. The van der Waals surface area contributed by atoms with Crippen LogP contribution in [0.4, 0.5) is 0 Å². The molecule has 148 valence electrons. The summed E-state index contributed by atoms with van der Waals surface area (Å²) in [6.07, 6.45) is 1.71. The van der Waals surface area contributed by atoms with Gasteiger partial charge in [-0.2, -0.15) is 0 Å². The number of hydrogen-bond acceptors (Lipinski definition) is 5. The highest BCUT2D eigenvalue weighted by molar-refractivity contribution is 7.90. The Labute approximate surface area is 164 Å². The fourth-order valence-electron chi connectivity index (χ4n) is 3.28. The Morgan fingerprint density at radius 1 is 1.14 bits per heavy atom. The Morgan fingerprint density at radius 3 is 2.46 bits per heavy atom. The number of likely N-dealkylation sites (N-methyl/N-ethyl adjacent to an activating group) is 1. The second kappa shape index (κ2) is 8.12. The van der Waals surface area contributed by atoms with Gasteiger partial charge in [-0.05, 0) is 16.7 Å². The lowest BCUT2D eigenvalue weighted by molar-refractivity contribution is -0.136. The fourth-order valence-corrected chi connectivity index (χ4v) is 4.82. The highest BCUT2D eigenvalue weighted by Crippen LogP contribution is 2.28. The van der Waals surface area contributed by atoms with Gasteiger partial charge in [0.2, 0.25) is 10.0 Å². The molecule has 1 heterocycles. The van der Waals surface area contributed by atoms with Gasteiger partial charge in [-0.3, -0.25) is 4.79 Å². The lowest BCUT2D eigenvalue weighted by Gasteiger charge is -2.27. The van der Waals surface area contributed by atoms with Crippen LogP contribution in [0.25, 0.3) is 0 Å². The van der Waals surface area contributed by atoms with Gasteiger partial charge >= 0.3 is 5.97 Å². The zero-order valence-electron chi connectivity index (χ0n) is 15.6. The normalized spacial score (nSPS) is 19.1. The maximum atomic E-state index is 13.2. The lowest BCUT2D eigenvalue weighted by atomic mass is 10.1. The molecule has 2 N–H and O–H groups in total. The summed E-state index contributed by atoms with van der Waals surface area (Å²) in [5.41, 5.74) is 2.22. The molecular weight excluding hydrogens is 378 g/mol. The molecule has 2 aromatic carbocycles. The monoisotopic (exact) mass is 401 g/mol. The Morgan fingerprint density at radius 2 is 1.82 bits per heavy atom. The second-order valence-electron chi connectivity index (χ2n) is 6.98. The smallest absolute Gasteiger partial charge is 0.307 e. The van der Waals surface area contributed by atoms with Gasteiger partial charge in [0.05, 0.1) is 19.3 Å². The molecule has 2 aromatic rings. The van der Waals surface area contributed by atoms with Gasteiger partial charge in [-0.25, -0.2) is 18.1 Å². The standard InChI is InChI=1S/C20H23N3O4S/c1-23-14-20(21-15-23,12-16-6-3-2-4-7-16)28(26,27)22-13-18-9-5-8-17(10-18)11-19(24)25/h2-10,15,22H,11-14H2,1H3,(H,24,25). The second-order valence-corrected chi connectivity index (χ2v) is 9.04. The van der Waals surface area contributed by atoms with Crippen molar-refractivity contribution in [3.63, 3.8) is 0 Å². The van der Waals surface area contributed by atoms with Crippen LogP contribution in [0, 0.1) is 0 Å². The summed E-state index contributed by atoms with van der Waals surface area (Å²) in [7, 11) is -2.00. The van der Waals surface area contributed by atoms with Gasteiger partial charge in [0.15, 0.2) is 4.87 Å². The van der Waals surface area contributed by atoms with Crippen molar-refractivity contribution in [2.75, 3.05) is 13.6 Å². The van der Waals surface area contributed by atoms with Crippen LogP contribution >= 0.6 is 0 Å². The number of nitrogens with zero attached hydrogens (tertiary/aromatic N) is 2. The topological polar surface area (TPSA) is 99.1 Å². The first kappa shape index (κ1) is 20.0. The van der Waals surface area contributed by atoms with Crippen molar-refractivity contribution in [1.29, 1.82) is 0 Å². The highest BCUT2D eigenvalue weighted by Gasteiger charge is 2.46. The average Bonchev–Trinajstić information content (AvgIpc) is 3.03. The quantitative estimate of drug-likeness (QED) is 0.701. The fraction of sp³-hybridized carbons (Fsp3) is 0.300. The van der Waals surface area contributed by atoms with Crippen LogP contribution < -0.4 is 4.72 Å². The minimum absolute atomic E-state index is 0.0750. The number of nitrogens with one attached hydrogen (secondary N) is 1. The number of aliphatic carboxylic acids is 1. The number of carboxylic acids is 1. The molecule has 7 nitrogen and oxygen atoms in total. The molecule has 3 rings (SSSR count). The molecular formula is C20H23N3O4S. The largest absolute Gasteiger partial charge is 0.481 e. The summed E-state index contributed by atoms with van der Waals surface area (Å²) < 4.78 is 29.1. The number of rotatable bonds is 8. The molecule has 1 unspecified atom stereocenters. The van der Waals surface area contributed by atoms with Gasteiger partial charge in [-0.15, -0.1) is 0 Å². The molecule has 0 amide bonds. The van der Waals surface area contributed by atoms with Crippen molar-refractivity contribution in [2.24, 2.45) is 4.99 Å². The predicted octanol–water partition coefficient (Wildman–Crippen LogP) is 1.65. The summed E-state index contributed by atoms with van der Waals surface area (Å²) in [6, 6.07) is 16.3. The molecule has 8 heteroatoms. The Bertz CT molecular complexity index is 976. The Kier molecular flexibility index (Phi) is 5.81. The van der Waals surface area contributed by atoms with Crippen LogP contribution in [-0.4, -0.2) is 49.2 Å². The van der Waals surface area contributed by atoms with Crippen molar-refractivity contribution < 1.29 is 18.3 Å². The molecule has 1 atom stereocenters. The third-order valence-corrected chi connectivity index (χ3v) is 6.53. The Hall–Kier alpha value is -2.71. The van der Waals surface area contributed by atoms with E-state index >= 15 is 0 Å². The van der Waals surface area contributed by atoms with E-state index in [9.17, 15) is 13.2 Å². The summed E-state index contributed by atoms with van der Waals surface area (Å²) in [5, 5.41) is 8.93. The first-order chi connectivity index (χ1) is 13.3. The van der Waals surface area contributed by atoms with Gasteiger partial charge in [0.1, 0.15) is 0 Å². The van der Waals surface area contributed by atoms with Crippen LogP contribution in [0.5, 0.6) is 0 Å². The molecule has 0 fully saturated rings. The molecule has 0 saturated heterocycles. The maximum Gasteiger partial charge on any atom is 0.307 e. The number of benzene rings is 2. The molecule has 0 aromatic heterocycles. The van der Waals surface area contributed by atoms with E-state index < -0.39 is 20.9 Å². The van der Waals surface area contributed by atoms with Crippen LogP contribution in [0.1, 0.15) is 16.7 Å². The maximum absolute atomic E-state index is 13.2. The van der Waals surface area contributed by atoms with Crippen molar-refractivity contribution in [1.82, 2.24) is 9.62 Å². The molecule has 0 saturated carbocycles. The summed E-state index contributed by atoms with van der Waals surface area (Å²) >= 11 is 0. The molecule has 0 bridgehead atoms. The van der Waals surface area contributed by atoms with Crippen LogP contribution in [0.15, 0.2) is 59.6 Å². The van der Waals surface area contributed by atoms with E-state index in [-0.39, 0.29) is 25.9 Å². The first-order valence-electron chi connectivity index (χ1n) is 8.88. The van der Waals surface area contributed by atoms with E-state index in [0.717, 1.165) is 5.56 Å². The van der Waals surface area contributed by atoms with E-state index in [1.54, 1.807) is 42.6 Å². The summed E-state index contributed by atoms with van der Waals surface area (Å²) in [6.45, 7) is 0.335. The first-order valence-corrected chi connectivity index (χ1v) is 10.4. The minimum atomic E-state index is -3.79. The number of carboxylic acid groups (broad SMARTS) is 1. The van der Waals surface area contributed by atoms with E-state index in [4.69, 9.17) is 5.11 Å². The van der Waals surface area contributed by atoms with Crippen LogP contribution in [0.2, 0.25) is 0 Å². The predicted molar refractivity (Wildman–Crippen MR) is 108 cm³/mol. The minimum Gasteiger partial charge on any atom is -0.481 e. The van der Waals surface area contributed by atoms with Gasteiger partial charge in [-0.1, -0.05) is 54.6 Å². The van der Waals surface area contributed by atoms with Crippen molar-refractivity contribution in [2.45, 2.75) is 24.3 Å². The Balaban J connectivity index is 1.79. The van der Waals surface area contributed by atoms with E-state index in [2.05, 4.69) is 9.71 Å². The number of sulfonamides is 1. The third-order valence-electron chi connectivity index (χ3n) is 4.62. The van der Waals surface area contributed by atoms with Gasteiger partial charge < -0.3 is 10.0 Å². The lowest BCUT2D eigenvalue weighted by Crippen LogP contribution is -2.49. The number of aliphatic imine (C=N–C) groups is 1. The molecule has 1 aliphatic heterocycles. The van der Waals surface area contributed by atoms with Gasteiger partial charge in [0, 0.05) is 20.0 Å². The highest BCUT2D eigenvalue weighted by atomic mass is 32.2. The van der Waals surface area contributed by atoms with Crippen molar-refractivity contribution in [3.05, 3.63) is 71.3 Å². The molecule has 1 aliphatic rings. The summed E-state index contributed by atoms with van der Waals surface area (Å²) in [4.78, 5) is 15.7. The van der Waals surface area contributed by atoms with E-state index in [0.29, 0.717) is 11.1 Å². The average molecular weight is 401 g/mol. The van der Waals surface area contributed by atoms with Crippen molar-refractivity contribution >= 4 is 22.3 Å². The zero-order valence-corrected chi connectivity index (χ0v) is 16.4. The SMILES string of the molecule is CN1C=NC(Cc2ccccc2)(S(=O)(=O)NCc2cccc(CC(=O)O)c2)C1. The van der Waals surface area contributed by atoms with Gasteiger partial charge in [0.25, 0.3) is 0 Å². The van der Waals surface area contributed by atoms with E-state index in [1.807, 2.05) is 30.3 Å². The van der Waals surface area contributed by atoms with Crippen LogP contribution in [0.3, 0.4) is 0 Å². The van der Waals surface area contributed by atoms with Crippen molar-refractivity contribution in [3.8, 4) is 0 Å². The summed E-state index contributed by atoms with van der Waals surface area (Å²) in [5.74, 6) is -0.928. The molecule has 0 radical (unpaired) electrons. The third kappa shape index (κ3) is 4.58.